The van der Waals surface area contributed by atoms with Gasteiger partial charge in [-0.3, -0.25) is 15.1 Å². The van der Waals surface area contributed by atoms with Gasteiger partial charge < -0.3 is 0 Å². The van der Waals surface area contributed by atoms with E-state index in [9.17, 15) is 10.1 Å². The predicted octanol–water partition coefficient (Wildman–Crippen LogP) is 4.85. The lowest BCUT2D eigenvalue weighted by molar-refractivity contribution is -0.384. The van der Waals surface area contributed by atoms with Gasteiger partial charge in [-0.2, -0.15) is 5.10 Å². The van der Waals surface area contributed by atoms with Crippen molar-refractivity contribution in [1.29, 1.82) is 0 Å². The van der Waals surface area contributed by atoms with Crippen LogP contribution in [0.3, 0.4) is 0 Å². The molecule has 1 fully saturated rings. The van der Waals surface area contributed by atoms with Crippen molar-refractivity contribution in [3.8, 4) is 11.3 Å². The van der Waals surface area contributed by atoms with Gasteiger partial charge in [0.25, 0.3) is 5.69 Å². The summed E-state index contributed by atoms with van der Waals surface area (Å²) >= 11 is 1.53. The predicted molar refractivity (Wildman–Crippen MR) is 106 cm³/mol. The van der Waals surface area contributed by atoms with E-state index in [0.29, 0.717) is 0 Å². The van der Waals surface area contributed by atoms with E-state index in [0.717, 1.165) is 34.8 Å². The summed E-state index contributed by atoms with van der Waals surface area (Å²) in [7, 11) is 1.76. The maximum absolute atomic E-state index is 10.9. The molecule has 1 aliphatic rings. The minimum Gasteiger partial charge on any atom is -0.261 e. The van der Waals surface area contributed by atoms with Crippen LogP contribution >= 0.6 is 11.3 Å². The van der Waals surface area contributed by atoms with Crippen molar-refractivity contribution in [2.75, 3.05) is 7.05 Å². The highest BCUT2D eigenvalue weighted by Crippen LogP contribution is 2.27. The first-order valence-corrected chi connectivity index (χ1v) is 9.95. The molecule has 0 spiro atoms. The number of hydrogen-bond acceptors (Lipinski definition) is 5. The number of thiazole rings is 1. The van der Waals surface area contributed by atoms with Crippen molar-refractivity contribution in [1.82, 2.24) is 4.68 Å². The Hall–Kier alpha value is -2.28. The summed E-state index contributed by atoms with van der Waals surface area (Å²) < 4.78 is 1.89. The Morgan fingerprint density at radius 3 is 2.54 bits per heavy atom. The van der Waals surface area contributed by atoms with Gasteiger partial charge in [0.05, 0.1) is 10.6 Å². The Kier molecular flexibility index (Phi) is 5.98. The molecule has 0 N–H and O–H groups in total. The van der Waals surface area contributed by atoms with Crippen LogP contribution in [0.5, 0.6) is 0 Å². The molecule has 7 heteroatoms. The molecule has 3 rings (SSSR count). The van der Waals surface area contributed by atoms with Crippen molar-refractivity contribution < 1.29 is 4.92 Å². The highest BCUT2D eigenvalue weighted by Gasteiger charge is 2.18. The lowest BCUT2D eigenvalue weighted by Crippen LogP contribution is -2.18. The fraction of sp³-hybridized carbons (Fsp3) is 0.474. The van der Waals surface area contributed by atoms with E-state index in [1.54, 1.807) is 19.2 Å². The van der Waals surface area contributed by atoms with E-state index in [1.165, 1.54) is 54.9 Å². The maximum atomic E-state index is 10.9. The third kappa shape index (κ3) is 4.09. The molecule has 1 aromatic carbocycles. The van der Waals surface area contributed by atoms with Gasteiger partial charge in [-0.15, -0.1) is 11.3 Å². The van der Waals surface area contributed by atoms with Gasteiger partial charge in [-0.05, 0) is 43.7 Å². The van der Waals surface area contributed by atoms with Gasteiger partial charge in [-0.25, -0.2) is 4.68 Å². The second-order valence-corrected chi connectivity index (χ2v) is 7.48. The quantitative estimate of drug-likeness (QED) is 0.556. The number of benzene rings is 1. The average Bonchev–Trinajstić information content (AvgIpc) is 3.06. The normalized spacial score (nSPS) is 18.2. The lowest BCUT2D eigenvalue weighted by atomic mass is 9.85. The molecule has 0 atom stereocenters. The van der Waals surface area contributed by atoms with Crippen molar-refractivity contribution >= 4 is 22.7 Å². The third-order valence-electron chi connectivity index (χ3n) is 4.87. The fourth-order valence-electron chi connectivity index (χ4n) is 3.45. The minimum absolute atomic E-state index is 0.0940. The first kappa shape index (κ1) is 18.5. The first-order chi connectivity index (χ1) is 12.6. The van der Waals surface area contributed by atoms with E-state index < -0.39 is 0 Å². The van der Waals surface area contributed by atoms with Gasteiger partial charge in [0.1, 0.15) is 0 Å². The zero-order chi connectivity index (χ0) is 18.5. The molecule has 26 heavy (non-hydrogen) atoms. The van der Waals surface area contributed by atoms with Crippen molar-refractivity contribution in [3.05, 3.63) is 44.6 Å². The van der Waals surface area contributed by atoms with Crippen molar-refractivity contribution in [3.63, 3.8) is 0 Å². The Morgan fingerprint density at radius 2 is 1.96 bits per heavy atom. The van der Waals surface area contributed by atoms with E-state index in [2.05, 4.69) is 11.9 Å². The largest absolute Gasteiger partial charge is 0.269 e. The molecule has 1 heterocycles. The number of nitro groups is 1. The first-order valence-electron chi connectivity index (χ1n) is 9.07. The number of non-ortho nitro benzene ring substituents is 1. The molecular formula is C19H24N4O2S. The topological polar surface area (TPSA) is 72.8 Å². The van der Waals surface area contributed by atoms with Crippen LogP contribution in [0.4, 0.5) is 5.69 Å². The molecule has 1 saturated carbocycles. The second kappa shape index (κ2) is 8.40. The summed E-state index contributed by atoms with van der Waals surface area (Å²) in [5.41, 5.74) is 3.14. The smallest absolute Gasteiger partial charge is 0.261 e. The zero-order valence-corrected chi connectivity index (χ0v) is 16.0. The van der Waals surface area contributed by atoms with Gasteiger partial charge in [0.15, 0.2) is 0 Å². The van der Waals surface area contributed by atoms with Crippen LogP contribution in [0.25, 0.3) is 11.3 Å². The monoisotopic (exact) mass is 372 g/mol. The summed E-state index contributed by atoms with van der Waals surface area (Å²) in [4.78, 5) is 15.7. The van der Waals surface area contributed by atoms with Crippen LogP contribution in [-0.2, 0) is 0 Å². The molecule has 2 aromatic rings. The van der Waals surface area contributed by atoms with Crippen molar-refractivity contribution in [2.24, 2.45) is 16.0 Å². The van der Waals surface area contributed by atoms with Crippen LogP contribution in [0.1, 0.15) is 45.4 Å². The molecule has 0 amide bonds. The van der Waals surface area contributed by atoms with Crippen LogP contribution < -0.4 is 4.80 Å². The van der Waals surface area contributed by atoms with Gasteiger partial charge in [-0.1, -0.05) is 19.8 Å². The standard InChI is InChI=1S/C19H24N4O2S/c1-3-4-14-5-9-16(10-6-14)21-22-18(13-26-19(22)20-2)15-7-11-17(12-8-15)23(24)25/h7-8,11-14H,3-6,9-10H2,1-2H3. The van der Waals surface area contributed by atoms with E-state index >= 15 is 0 Å². The molecular weight excluding hydrogens is 348 g/mol. The number of aromatic nitrogens is 1. The summed E-state index contributed by atoms with van der Waals surface area (Å²) in [6.45, 7) is 2.25. The summed E-state index contributed by atoms with van der Waals surface area (Å²) in [5.74, 6) is 0.830. The maximum Gasteiger partial charge on any atom is 0.269 e. The Bertz CT molecular complexity index is 854. The SMILES string of the molecule is CCCC1CCC(=Nn2c(-c3ccc([N+](=O)[O-])cc3)csc2=NC)CC1. The number of nitro benzene ring substituents is 1. The van der Waals surface area contributed by atoms with E-state index in [4.69, 9.17) is 5.10 Å². The Labute approximate surface area is 157 Å². The third-order valence-corrected chi connectivity index (χ3v) is 5.78. The molecule has 0 saturated heterocycles. The van der Waals surface area contributed by atoms with Crippen LogP contribution in [0, 0.1) is 16.0 Å². The number of hydrogen-bond donors (Lipinski definition) is 0. The minimum atomic E-state index is -0.382. The summed E-state index contributed by atoms with van der Waals surface area (Å²) in [5, 5.41) is 17.8. The number of nitrogens with zero attached hydrogens (tertiary/aromatic N) is 4. The molecule has 1 aromatic heterocycles. The molecule has 1 aliphatic carbocycles. The van der Waals surface area contributed by atoms with Gasteiger partial charge >= 0.3 is 0 Å². The van der Waals surface area contributed by atoms with Gasteiger partial charge in [0.2, 0.25) is 4.80 Å². The highest BCUT2D eigenvalue weighted by molar-refractivity contribution is 7.07. The summed E-state index contributed by atoms with van der Waals surface area (Å²) in [6.07, 6.45) is 7.06. The van der Waals surface area contributed by atoms with Crippen LogP contribution in [0.2, 0.25) is 0 Å². The fourth-order valence-corrected chi connectivity index (χ4v) is 4.25. The molecule has 0 unspecified atom stereocenters. The lowest BCUT2D eigenvalue weighted by Gasteiger charge is -2.22. The van der Waals surface area contributed by atoms with Crippen molar-refractivity contribution in [2.45, 2.75) is 45.4 Å². The number of rotatable bonds is 5. The molecule has 0 bridgehead atoms. The highest BCUT2D eigenvalue weighted by atomic mass is 32.1. The summed E-state index contributed by atoms with van der Waals surface area (Å²) in [6, 6.07) is 6.61. The average molecular weight is 372 g/mol. The Morgan fingerprint density at radius 1 is 1.27 bits per heavy atom. The van der Waals surface area contributed by atoms with Crippen LogP contribution in [-0.4, -0.2) is 22.4 Å². The van der Waals surface area contributed by atoms with Crippen LogP contribution in [0.15, 0.2) is 39.7 Å². The Balaban J connectivity index is 1.89. The second-order valence-electron chi connectivity index (χ2n) is 6.64. The molecule has 138 valence electrons. The van der Waals surface area contributed by atoms with E-state index in [1.807, 2.05) is 10.1 Å². The van der Waals surface area contributed by atoms with Gasteiger partial charge in [0, 0.05) is 35.8 Å². The zero-order valence-electron chi connectivity index (χ0n) is 15.2. The molecule has 0 aliphatic heterocycles. The van der Waals surface area contributed by atoms with E-state index in [-0.39, 0.29) is 10.6 Å². The molecule has 0 radical (unpaired) electrons. The molecule has 6 nitrogen and oxygen atoms in total.